The van der Waals surface area contributed by atoms with E-state index in [1.165, 1.54) is 6.20 Å². The quantitative estimate of drug-likeness (QED) is 0.789. The Morgan fingerprint density at radius 3 is 3.00 bits per heavy atom. The lowest BCUT2D eigenvalue weighted by atomic mass is 10.2. The second kappa shape index (κ2) is 5.75. The Morgan fingerprint density at radius 1 is 1.73 bits per heavy atom. The lowest BCUT2D eigenvalue weighted by molar-refractivity contribution is 0.0951. The SMILES string of the molecule is CCCC(Cl)CNC(=O)c1cnoc1C. The number of carbonyl (C=O) groups is 1. The van der Waals surface area contributed by atoms with Crippen LogP contribution in [-0.4, -0.2) is 23.0 Å². The summed E-state index contributed by atoms with van der Waals surface area (Å²) >= 11 is 5.97. The van der Waals surface area contributed by atoms with E-state index in [9.17, 15) is 4.79 Å². The molecule has 4 nitrogen and oxygen atoms in total. The van der Waals surface area contributed by atoms with E-state index in [-0.39, 0.29) is 11.3 Å². The van der Waals surface area contributed by atoms with Gasteiger partial charge in [-0.15, -0.1) is 11.6 Å². The number of carbonyl (C=O) groups excluding carboxylic acids is 1. The first-order chi connectivity index (χ1) is 7.15. The van der Waals surface area contributed by atoms with Crippen LogP contribution >= 0.6 is 11.6 Å². The molecule has 1 N–H and O–H groups in total. The molecule has 0 saturated heterocycles. The van der Waals surface area contributed by atoms with Crippen LogP contribution in [0.25, 0.3) is 0 Å². The summed E-state index contributed by atoms with van der Waals surface area (Å²) in [6, 6.07) is 0. The van der Waals surface area contributed by atoms with Gasteiger partial charge in [0.25, 0.3) is 5.91 Å². The van der Waals surface area contributed by atoms with Crippen molar-refractivity contribution < 1.29 is 9.32 Å². The Morgan fingerprint density at radius 2 is 2.47 bits per heavy atom. The molecule has 0 bridgehead atoms. The van der Waals surface area contributed by atoms with Crippen LogP contribution in [0.5, 0.6) is 0 Å². The summed E-state index contributed by atoms with van der Waals surface area (Å²) in [5.41, 5.74) is 0.468. The molecule has 1 amide bonds. The third-order valence-corrected chi connectivity index (χ3v) is 2.45. The van der Waals surface area contributed by atoms with E-state index in [1.807, 2.05) is 0 Å². The van der Waals surface area contributed by atoms with Gasteiger partial charge in [0.05, 0.1) is 11.6 Å². The van der Waals surface area contributed by atoms with Gasteiger partial charge in [-0.25, -0.2) is 0 Å². The summed E-state index contributed by atoms with van der Waals surface area (Å²) < 4.78 is 4.80. The minimum absolute atomic E-state index is 0.0147. The van der Waals surface area contributed by atoms with Crippen LogP contribution in [0.15, 0.2) is 10.7 Å². The van der Waals surface area contributed by atoms with E-state index in [2.05, 4.69) is 17.4 Å². The van der Waals surface area contributed by atoms with Crippen molar-refractivity contribution in [1.82, 2.24) is 10.5 Å². The Bertz CT molecular complexity index is 325. The summed E-state index contributed by atoms with van der Waals surface area (Å²) in [5.74, 6) is 0.338. The predicted molar refractivity (Wildman–Crippen MR) is 58.1 cm³/mol. The van der Waals surface area contributed by atoms with Gasteiger partial charge in [0.15, 0.2) is 0 Å². The van der Waals surface area contributed by atoms with Crippen molar-refractivity contribution in [1.29, 1.82) is 0 Å². The van der Waals surface area contributed by atoms with E-state index in [0.29, 0.717) is 17.9 Å². The third kappa shape index (κ3) is 3.55. The second-order valence-electron chi connectivity index (χ2n) is 3.39. The van der Waals surface area contributed by atoms with Gasteiger partial charge in [0.2, 0.25) is 0 Å². The fraction of sp³-hybridized carbons (Fsp3) is 0.600. The molecule has 1 aromatic heterocycles. The van der Waals surface area contributed by atoms with Crippen molar-refractivity contribution in [3.05, 3.63) is 17.5 Å². The molecule has 1 aromatic rings. The van der Waals surface area contributed by atoms with Crippen LogP contribution in [0, 0.1) is 6.92 Å². The van der Waals surface area contributed by atoms with E-state index < -0.39 is 0 Å². The van der Waals surface area contributed by atoms with Crippen LogP contribution < -0.4 is 5.32 Å². The number of aromatic nitrogens is 1. The molecule has 0 aromatic carbocycles. The zero-order valence-corrected chi connectivity index (χ0v) is 9.67. The molecule has 0 aliphatic rings. The highest BCUT2D eigenvalue weighted by Crippen LogP contribution is 2.07. The zero-order valence-electron chi connectivity index (χ0n) is 8.92. The van der Waals surface area contributed by atoms with Crippen molar-refractivity contribution in [2.45, 2.75) is 32.1 Å². The molecule has 1 atom stereocenters. The zero-order chi connectivity index (χ0) is 11.3. The monoisotopic (exact) mass is 230 g/mol. The molecule has 0 saturated carbocycles. The summed E-state index contributed by atoms with van der Waals surface area (Å²) in [4.78, 5) is 11.6. The predicted octanol–water partition coefficient (Wildman–Crippen LogP) is 2.12. The van der Waals surface area contributed by atoms with Crippen molar-refractivity contribution >= 4 is 17.5 Å². The van der Waals surface area contributed by atoms with Gasteiger partial charge in [-0.2, -0.15) is 0 Å². The van der Waals surface area contributed by atoms with Crippen molar-refractivity contribution in [3.8, 4) is 0 Å². The number of halogens is 1. The minimum atomic E-state index is -0.185. The van der Waals surface area contributed by atoms with E-state index >= 15 is 0 Å². The fourth-order valence-corrected chi connectivity index (χ4v) is 1.53. The summed E-state index contributed by atoms with van der Waals surface area (Å²) in [6.07, 6.45) is 3.31. The first-order valence-corrected chi connectivity index (χ1v) is 5.42. The molecule has 0 radical (unpaired) electrons. The maximum atomic E-state index is 11.6. The first kappa shape index (κ1) is 12.0. The molecule has 1 heterocycles. The molecule has 15 heavy (non-hydrogen) atoms. The average molecular weight is 231 g/mol. The molecule has 1 unspecified atom stereocenters. The Hall–Kier alpha value is -1.03. The molecule has 0 aliphatic heterocycles. The number of nitrogens with zero attached hydrogens (tertiary/aromatic N) is 1. The van der Waals surface area contributed by atoms with Crippen LogP contribution in [0.1, 0.15) is 35.9 Å². The second-order valence-corrected chi connectivity index (χ2v) is 4.01. The number of hydrogen-bond acceptors (Lipinski definition) is 3. The molecule has 1 rings (SSSR count). The number of nitrogens with one attached hydrogen (secondary N) is 1. The largest absolute Gasteiger partial charge is 0.361 e. The summed E-state index contributed by atoms with van der Waals surface area (Å²) in [7, 11) is 0. The van der Waals surface area contributed by atoms with Gasteiger partial charge in [-0.05, 0) is 13.3 Å². The van der Waals surface area contributed by atoms with Crippen LogP contribution in [0.4, 0.5) is 0 Å². The molecule has 0 aliphatic carbocycles. The number of amides is 1. The van der Waals surface area contributed by atoms with Crippen LogP contribution in [0.2, 0.25) is 0 Å². The minimum Gasteiger partial charge on any atom is -0.361 e. The number of hydrogen-bond donors (Lipinski definition) is 1. The first-order valence-electron chi connectivity index (χ1n) is 4.98. The van der Waals surface area contributed by atoms with E-state index in [1.54, 1.807) is 6.92 Å². The average Bonchev–Trinajstić information content (AvgIpc) is 2.61. The van der Waals surface area contributed by atoms with Crippen LogP contribution in [0.3, 0.4) is 0 Å². The molecule has 0 spiro atoms. The van der Waals surface area contributed by atoms with E-state index in [0.717, 1.165) is 12.8 Å². The molecular weight excluding hydrogens is 216 g/mol. The van der Waals surface area contributed by atoms with Crippen LogP contribution in [-0.2, 0) is 0 Å². The molecule has 84 valence electrons. The summed E-state index contributed by atoms with van der Waals surface area (Å²) in [6.45, 7) is 4.23. The van der Waals surface area contributed by atoms with Gasteiger partial charge < -0.3 is 9.84 Å². The highest BCUT2D eigenvalue weighted by molar-refractivity contribution is 6.20. The third-order valence-electron chi connectivity index (χ3n) is 2.08. The Kier molecular flexibility index (Phi) is 4.62. The topological polar surface area (TPSA) is 55.1 Å². The van der Waals surface area contributed by atoms with Gasteiger partial charge >= 0.3 is 0 Å². The Labute approximate surface area is 94.0 Å². The molecule has 0 fully saturated rings. The highest BCUT2D eigenvalue weighted by atomic mass is 35.5. The maximum Gasteiger partial charge on any atom is 0.256 e. The maximum absolute atomic E-state index is 11.6. The molecule has 5 heteroatoms. The van der Waals surface area contributed by atoms with Gasteiger partial charge in [0, 0.05) is 6.54 Å². The molecular formula is C10H15ClN2O2. The normalized spacial score (nSPS) is 12.5. The van der Waals surface area contributed by atoms with Crippen molar-refractivity contribution in [3.63, 3.8) is 0 Å². The highest BCUT2D eigenvalue weighted by Gasteiger charge is 2.13. The van der Waals surface area contributed by atoms with Crippen molar-refractivity contribution in [2.24, 2.45) is 0 Å². The lowest BCUT2D eigenvalue weighted by Crippen LogP contribution is -2.29. The Balaban J connectivity index is 2.40. The standard InChI is InChI=1S/C10H15ClN2O2/c1-3-4-8(11)5-12-10(14)9-6-13-15-7(9)2/h6,8H,3-5H2,1-2H3,(H,12,14). The van der Waals surface area contributed by atoms with E-state index in [4.69, 9.17) is 16.1 Å². The smallest absolute Gasteiger partial charge is 0.256 e. The van der Waals surface area contributed by atoms with Gasteiger partial charge in [-0.3, -0.25) is 4.79 Å². The summed E-state index contributed by atoms with van der Waals surface area (Å²) in [5, 5.41) is 6.26. The number of aryl methyl sites for hydroxylation is 1. The fourth-order valence-electron chi connectivity index (χ4n) is 1.23. The van der Waals surface area contributed by atoms with Crippen molar-refractivity contribution in [2.75, 3.05) is 6.54 Å². The van der Waals surface area contributed by atoms with Gasteiger partial charge in [0.1, 0.15) is 11.3 Å². The number of alkyl halides is 1. The van der Waals surface area contributed by atoms with Gasteiger partial charge in [-0.1, -0.05) is 18.5 Å². The lowest BCUT2D eigenvalue weighted by Gasteiger charge is -2.08. The number of rotatable bonds is 5.